The van der Waals surface area contributed by atoms with Crippen LogP contribution in [0.15, 0.2) is 12.4 Å². The molecule has 2 N–H and O–H groups in total. The van der Waals surface area contributed by atoms with Crippen LogP contribution in [-0.4, -0.2) is 22.6 Å². The van der Waals surface area contributed by atoms with Gasteiger partial charge in [-0.3, -0.25) is 0 Å². The van der Waals surface area contributed by atoms with Crippen molar-refractivity contribution in [3.63, 3.8) is 0 Å². The number of hydrogen-bond acceptors (Lipinski definition) is 4. The number of methoxy groups -OCH3 is 1. The third-order valence-electron chi connectivity index (χ3n) is 1.78. The summed E-state index contributed by atoms with van der Waals surface area (Å²) in [5.74, 6) is 0. The summed E-state index contributed by atoms with van der Waals surface area (Å²) in [6.45, 7) is 3.23. The molecule has 78 valence electrons. The molecule has 0 fully saturated rings. The van der Waals surface area contributed by atoms with Gasteiger partial charge in [-0.15, -0.1) is 0 Å². The molecule has 0 saturated carbocycles. The molecule has 0 bridgehead atoms. The largest absolute Gasteiger partial charge is 0.467 e. The van der Waals surface area contributed by atoms with Gasteiger partial charge in [0.25, 0.3) is 0 Å². The standard InChI is InChI=1S/C9H14FN3O/c1-9(2,11)7(10)6-4-12-8(14-3)13-5-6/h4-5,7H,11H2,1-3H3. The van der Waals surface area contributed by atoms with Crippen LogP contribution < -0.4 is 10.5 Å². The highest BCUT2D eigenvalue weighted by molar-refractivity contribution is 5.14. The van der Waals surface area contributed by atoms with Gasteiger partial charge in [-0.1, -0.05) is 0 Å². The van der Waals surface area contributed by atoms with Crippen LogP contribution in [0, 0.1) is 0 Å². The number of rotatable bonds is 3. The molecule has 14 heavy (non-hydrogen) atoms. The van der Waals surface area contributed by atoms with E-state index in [1.807, 2.05) is 0 Å². The second-order valence-corrected chi connectivity index (χ2v) is 3.69. The summed E-state index contributed by atoms with van der Waals surface area (Å²) in [5, 5.41) is 0. The average molecular weight is 199 g/mol. The van der Waals surface area contributed by atoms with Crippen molar-refractivity contribution in [1.29, 1.82) is 0 Å². The summed E-state index contributed by atoms with van der Waals surface area (Å²) in [6.07, 6.45) is 1.48. The van der Waals surface area contributed by atoms with Crippen LogP contribution in [0.25, 0.3) is 0 Å². The summed E-state index contributed by atoms with van der Waals surface area (Å²) in [6, 6.07) is 0.218. The smallest absolute Gasteiger partial charge is 0.316 e. The van der Waals surface area contributed by atoms with E-state index in [4.69, 9.17) is 10.5 Å². The van der Waals surface area contributed by atoms with Gasteiger partial charge in [0.2, 0.25) is 0 Å². The van der Waals surface area contributed by atoms with Crippen molar-refractivity contribution in [2.75, 3.05) is 7.11 Å². The molecule has 1 unspecified atom stereocenters. The van der Waals surface area contributed by atoms with E-state index in [0.717, 1.165) is 0 Å². The number of ether oxygens (including phenoxy) is 1. The fourth-order valence-corrected chi connectivity index (χ4v) is 0.992. The van der Waals surface area contributed by atoms with Crippen LogP contribution in [0.5, 0.6) is 6.01 Å². The van der Waals surface area contributed by atoms with E-state index in [9.17, 15) is 4.39 Å². The maximum Gasteiger partial charge on any atom is 0.316 e. The Balaban J connectivity index is 2.87. The molecule has 0 radical (unpaired) electrons. The van der Waals surface area contributed by atoms with Crippen molar-refractivity contribution in [2.45, 2.75) is 25.6 Å². The van der Waals surface area contributed by atoms with Gasteiger partial charge in [0.1, 0.15) is 6.17 Å². The van der Waals surface area contributed by atoms with Gasteiger partial charge < -0.3 is 10.5 Å². The summed E-state index contributed by atoms with van der Waals surface area (Å²) in [7, 11) is 1.45. The second kappa shape index (κ2) is 3.88. The van der Waals surface area contributed by atoms with Gasteiger partial charge in [0.15, 0.2) is 0 Å². The third kappa shape index (κ3) is 2.38. The van der Waals surface area contributed by atoms with Gasteiger partial charge in [-0.2, -0.15) is 0 Å². The van der Waals surface area contributed by atoms with Crippen LogP contribution in [0.3, 0.4) is 0 Å². The monoisotopic (exact) mass is 199 g/mol. The van der Waals surface area contributed by atoms with Crippen molar-refractivity contribution in [3.8, 4) is 6.01 Å². The van der Waals surface area contributed by atoms with Gasteiger partial charge in [-0.25, -0.2) is 14.4 Å². The summed E-state index contributed by atoms with van der Waals surface area (Å²) in [4.78, 5) is 7.61. The van der Waals surface area contributed by atoms with Gasteiger partial charge in [0, 0.05) is 23.5 Å². The Labute approximate surface area is 82.3 Å². The van der Waals surface area contributed by atoms with E-state index >= 15 is 0 Å². The van der Waals surface area contributed by atoms with Crippen LogP contribution in [-0.2, 0) is 0 Å². The fraction of sp³-hybridized carbons (Fsp3) is 0.556. The third-order valence-corrected chi connectivity index (χ3v) is 1.78. The van der Waals surface area contributed by atoms with Gasteiger partial charge >= 0.3 is 6.01 Å². The Kier molecular flexibility index (Phi) is 3.00. The zero-order valence-corrected chi connectivity index (χ0v) is 8.49. The van der Waals surface area contributed by atoms with Crippen molar-refractivity contribution < 1.29 is 9.13 Å². The predicted octanol–water partition coefficient (Wildman–Crippen LogP) is 1.23. The van der Waals surface area contributed by atoms with Crippen LogP contribution in [0.1, 0.15) is 25.6 Å². The minimum atomic E-state index is -1.28. The zero-order valence-electron chi connectivity index (χ0n) is 8.49. The molecular weight excluding hydrogens is 185 g/mol. The SMILES string of the molecule is COc1ncc(C(F)C(C)(C)N)cn1. The maximum atomic E-state index is 13.6. The predicted molar refractivity (Wildman–Crippen MR) is 50.7 cm³/mol. The Morgan fingerprint density at radius 2 is 1.93 bits per heavy atom. The molecule has 0 spiro atoms. The van der Waals surface area contributed by atoms with E-state index < -0.39 is 11.7 Å². The first-order chi connectivity index (χ1) is 6.45. The lowest BCUT2D eigenvalue weighted by atomic mass is 9.96. The van der Waals surface area contributed by atoms with E-state index in [2.05, 4.69) is 9.97 Å². The van der Waals surface area contributed by atoms with Crippen molar-refractivity contribution in [2.24, 2.45) is 5.73 Å². The van der Waals surface area contributed by atoms with Crippen molar-refractivity contribution in [1.82, 2.24) is 9.97 Å². The summed E-state index contributed by atoms with van der Waals surface area (Å²) < 4.78 is 18.4. The number of hydrogen-bond donors (Lipinski definition) is 1. The maximum absolute atomic E-state index is 13.6. The molecule has 1 heterocycles. The number of halogens is 1. The van der Waals surface area contributed by atoms with Crippen LogP contribution >= 0.6 is 0 Å². The molecule has 1 atom stereocenters. The summed E-state index contributed by atoms with van der Waals surface area (Å²) >= 11 is 0. The summed E-state index contributed by atoms with van der Waals surface area (Å²) in [5.41, 5.74) is 5.05. The lowest BCUT2D eigenvalue weighted by Crippen LogP contribution is -2.37. The Hall–Kier alpha value is -1.23. The average Bonchev–Trinajstić information content (AvgIpc) is 2.15. The van der Waals surface area contributed by atoms with Gasteiger partial charge in [-0.05, 0) is 13.8 Å². The molecule has 5 heteroatoms. The highest BCUT2D eigenvalue weighted by Crippen LogP contribution is 2.26. The number of nitrogens with two attached hydrogens (primary N) is 1. The van der Waals surface area contributed by atoms with Crippen molar-refractivity contribution in [3.05, 3.63) is 18.0 Å². The molecule has 0 aliphatic heterocycles. The Morgan fingerprint density at radius 1 is 1.43 bits per heavy atom. The first kappa shape index (κ1) is 10.8. The van der Waals surface area contributed by atoms with E-state index in [0.29, 0.717) is 5.56 Å². The van der Waals surface area contributed by atoms with Crippen molar-refractivity contribution >= 4 is 0 Å². The molecule has 1 rings (SSSR count). The minimum absolute atomic E-state index is 0.218. The molecule has 1 aromatic rings. The van der Waals surface area contributed by atoms with Gasteiger partial charge in [0.05, 0.1) is 7.11 Å². The molecule has 0 aliphatic rings. The minimum Gasteiger partial charge on any atom is -0.467 e. The fourth-order valence-electron chi connectivity index (χ4n) is 0.992. The quantitative estimate of drug-likeness (QED) is 0.795. The first-order valence-corrected chi connectivity index (χ1v) is 4.24. The lowest BCUT2D eigenvalue weighted by Gasteiger charge is -2.23. The Bertz CT molecular complexity index is 294. The normalized spacial score (nSPS) is 13.8. The molecular formula is C9H14FN3O. The molecule has 4 nitrogen and oxygen atoms in total. The highest BCUT2D eigenvalue weighted by Gasteiger charge is 2.27. The first-order valence-electron chi connectivity index (χ1n) is 4.24. The molecule has 1 aromatic heterocycles. The highest BCUT2D eigenvalue weighted by atomic mass is 19.1. The molecule has 0 amide bonds. The Morgan fingerprint density at radius 3 is 2.29 bits per heavy atom. The van der Waals surface area contributed by atoms with E-state index in [-0.39, 0.29) is 6.01 Å². The topological polar surface area (TPSA) is 61.0 Å². The van der Waals surface area contributed by atoms with Crippen LogP contribution in [0.2, 0.25) is 0 Å². The van der Waals surface area contributed by atoms with E-state index in [1.54, 1.807) is 13.8 Å². The lowest BCUT2D eigenvalue weighted by molar-refractivity contribution is 0.222. The molecule has 0 aromatic carbocycles. The second-order valence-electron chi connectivity index (χ2n) is 3.69. The number of alkyl halides is 1. The number of aromatic nitrogens is 2. The van der Waals surface area contributed by atoms with Crippen LogP contribution in [0.4, 0.5) is 4.39 Å². The number of nitrogens with zero attached hydrogens (tertiary/aromatic N) is 2. The van der Waals surface area contributed by atoms with E-state index in [1.165, 1.54) is 19.5 Å². The molecule has 0 aliphatic carbocycles. The molecule has 0 saturated heterocycles. The zero-order chi connectivity index (χ0) is 10.8.